The molecular weight excluding hydrogens is 244 g/mol. The first-order valence-electron chi connectivity index (χ1n) is 8.93. The smallest absolute Gasteiger partial charge is 0.0577 e. The van der Waals surface area contributed by atoms with E-state index < -0.39 is 0 Å². The normalized spacial score (nSPS) is 48.8. The molecule has 3 aliphatic rings. The zero-order chi connectivity index (χ0) is 14.3. The third-order valence-corrected chi connectivity index (χ3v) is 7.08. The van der Waals surface area contributed by atoms with Gasteiger partial charge in [0.2, 0.25) is 0 Å². The van der Waals surface area contributed by atoms with Crippen LogP contribution in [0, 0.1) is 29.1 Å². The molecule has 0 saturated heterocycles. The number of fused-ring (bicyclic) bond motifs is 1. The lowest BCUT2D eigenvalue weighted by atomic mass is 9.53. The maximum Gasteiger partial charge on any atom is 0.0577 e. The number of allylic oxidation sites excluding steroid dienone is 1. The molecular formula is C19H32O. The molecule has 20 heavy (non-hydrogen) atoms. The standard InChI is InChI=1S/C19H32O/c1-4-18-17(16-7-5-6-13(16)2)9-8-14-12-15(20)10-11-19(14,18)3/h8,13,15-18,20H,4-7,9-12H2,1-3H3/t13?,15?,16?,17?,18?,19-/m0/s1. The van der Waals surface area contributed by atoms with Crippen LogP contribution in [0.15, 0.2) is 11.6 Å². The molecule has 3 rings (SSSR count). The van der Waals surface area contributed by atoms with Crippen LogP contribution in [0.3, 0.4) is 0 Å². The number of rotatable bonds is 2. The Morgan fingerprint density at radius 1 is 1.25 bits per heavy atom. The summed E-state index contributed by atoms with van der Waals surface area (Å²) >= 11 is 0. The lowest BCUT2D eigenvalue weighted by Crippen LogP contribution is -2.44. The van der Waals surface area contributed by atoms with Gasteiger partial charge in [0.15, 0.2) is 0 Å². The fourth-order valence-corrected chi connectivity index (χ4v) is 5.91. The molecule has 0 radical (unpaired) electrons. The van der Waals surface area contributed by atoms with Crippen molar-refractivity contribution in [2.24, 2.45) is 29.1 Å². The second kappa shape index (κ2) is 5.48. The van der Waals surface area contributed by atoms with Gasteiger partial charge in [-0.1, -0.05) is 51.7 Å². The molecule has 0 spiro atoms. The lowest BCUT2D eigenvalue weighted by molar-refractivity contribution is 0.0257. The van der Waals surface area contributed by atoms with Crippen molar-refractivity contribution >= 4 is 0 Å². The molecule has 0 aromatic carbocycles. The van der Waals surface area contributed by atoms with Crippen LogP contribution >= 0.6 is 0 Å². The Labute approximate surface area is 124 Å². The van der Waals surface area contributed by atoms with Gasteiger partial charge in [-0.15, -0.1) is 0 Å². The summed E-state index contributed by atoms with van der Waals surface area (Å²) < 4.78 is 0. The summed E-state index contributed by atoms with van der Waals surface area (Å²) in [7, 11) is 0. The van der Waals surface area contributed by atoms with Crippen molar-refractivity contribution in [2.75, 3.05) is 0 Å². The topological polar surface area (TPSA) is 20.2 Å². The molecule has 114 valence electrons. The zero-order valence-electron chi connectivity index (χ0n) is 13.6. The average molecular weight is 276 g/mol. The van der Waals surface area contributed by atoms with Crippen LogP contribution in [0.5, 0.6) is 0 Å². The summed E-state index contributed by atoms with van der Waals surface area (Å²) in [5.41, 5.74) is 1.98. The van der Waals surface area contributed by atoms with Crippen LogP contribution in [-0.4, -0.2) is 11.2 Å². The van der Waals surface area contributed by atoms with E-state index in [9.17, 15) is 5.11 Å². The first-order valence-corrected chi connectivity index (χ1v) is 8.93. The summed E-state index contributed by atoms with van der Waals surface area (Å²) in [6.07, 6.45) is 12.6. The van der Waals surface area contributed by atoms with Crippen LogP contribution in [-0.2, 0) is 0 Å². The van der Waals surface area contributed by atoms with Crippen molar-refractivity contribution in [3.63, 3.8) is 0 Å². The van der Waals surface area contributed by atoms with Gasteiger partial charge >= 0.3 is 0 Å². The summed E-state index contributed by atoms with van der Waals surface area (Å²) in [4.78, 5) is 0. The summed E-state index contributed by atoms with van der Waals surface area (Å²) in [6.45, 7) is 7.39. The number of hydrogen-bond donors (Lipinski definition) is 1. The molecule has 0 bridgehead atoms. The van der Waals surface area contributed by atoms with Crippen molar-refractivity contribution in [1.82, 2.24) is 0 Å². The third-order valence-electron chi connectivity index (χ3n) is 7.08. The highest BCUT2D eigenvalue weighted by Gasteiger charge is 2.48. The first-order chi connectivity index (χ1) is 9.56. The predicted octanol–water partition coefficient (Wildman–Crippen LogP) is 4.95. The van der Waals surface area contributed by atoms with Crippen molar-refractivity contribution in [3.05, 3.63) is 11.6 Å². The molecule has 0 aromatic heterocycles. The van der Waals surface area contributed by atoms with Crippen molar-refractivity contribution < 1.29 is 5.11 Å². The predicted molar refractivity (Wildman–Crippen MR) is 84.4 cm³/mol. The molecule has 1 N–H and O–H groups in total. The highest BCUT2D eigenvalue weighted by atomic mass is 16.3. The molecule has 2 saturated carbocycles. The van der Waals surface area contributed by atoms with E-state index in [1.807, 2.05) is 0 Å². The number of hydrogen-bond acceptors (Lipinski definition) is 1. The van der Waals surface area contributed by atoms with Crippen LogP contribution in [0.1, 0.15) is 72.1 Å². The SMILES string of the molecule is CCC1C(C2CCCC2C)CC=C2CC(O)CC[C@@]21C. The zero-order valence-corrected chi connectivity index (χ0v) is 13.6. The van der Waals surface area contributed by atoms with Gasteiger partial charge in [-0.05, 0) is 61.2 Å². The minimum Gasteiger partial charge on any atom is -0.393 e. The molecule has 1 nitrogen and oxygen atoms in total. The first kappa shape index (κ1) is 14.6. The Balaban J connectivity index is 1.88. The molecule has 0 aromatic rings. The van der Waals surface area contributed by atoms with Crippen molar-refractivity contribution in [1.29, 1.82) is 0 Å². The molecule has 0 amide bonds. The maximum atomic E-state index is 10.0. The van der Waals surface area contributed by atoms with Gasteiger partial charge in [0.05, 0.1) is 6.10 Å². The number of aliphatic hydroxyl groups is 1. The van der Waals surface area contributed by atoms with Gasteiger partial charge in [-0.3, -0.25) is 0 Å². The fourth-order valence-electron chi connectivity index (χ4n) is 5.91. The Morgan fingerprint density at radius 3 is 2.70 bits per heavy atom. The quantitative estimate of drug-likeness (QED) is 0.708. The van der Waals surface area contributed by atoms with Crippen LogP contribution in [0.4, 0.5) is 0 Å². The van der Waals surface area contributed by atoms with E-state index in [0.717, 1.165) is 36.5 Å². The van der Waals surface area contributed by atoms with Crippen LogP contribution in [0.2, 0.25) is 0 Å². The lowest BCUT2D eigenvalue weighted by Gasteiger charge is -2.52. The Bertz CT molecular complexity index is 385. The molecule has 3 aliphatic carbocycles. The van der Waals surface area contributed by atoms with Crippen LogP contribution in [0.25, 0.3) is 0 Å². The minimum atomic E-state index is -0.0752. The molecule has 1 heteroatoms. The average Bonchev–Trinajstić information content (AvgIpc) is 2.84. The molecule has 2 fully saturated rings. The van der Waals surface area contributed by atoms with E-state index in [1.54, 1.807) is 5.57 Å². The highest BCUT2D eigenvalue weighted by molar-refractivity contribution is 5.23. The third kappa shape index (κ3) is 2.26. The van der Waals surface area contributed by atoms with Gasteiger partial charge in [-0.25, -0.2) is 0 Å². The molecule has 0 aliphatic heterocycles. The second-order valence-corrected chi connectivity index (χ2v) is 8.03. The van der Waals surface area contributed by atoms with Crippen molar-refractivity contribution in [3.8, 4) is 0 Å². The van der Waals surface area contributed by atoms with Crippen molar-refractivity contribution in [2.45, 2.75) is 78.2 Å². The highest BCUT2D eigenvalue weighted by Crippen LogP contribution is 2.57. The van der Waals surface area contributed by atoms with E-state index in [1.165, 1.54) is 38.5 Å². The second-order valence-electron chi connectivity index (χ2n) is 8.03. The van der Waals surface area contributed by atoms with Gasteiger partial charge in [0.25, 0.3) is 0 Å². The largest absolute Gasteiger partial charge is 0.393 e. The van der Waals surface area contributed by atoms with Gasteiger partial charge in [-0.2, -0.15) is 0 Å². The fraction of sp³-hybridized carbons (Fsp3) is 0.895. The van der Waals surface area contributed by atoms with Gasteiger partial charge < -0.3 is 5.11 Å². The van der Waals surface area contributed by atoms with E-state index in [4.69, 9.17) is 0 Å². The molecule has 0 heterocycles. The molecule has 6 atom stereocenters. The monoisotopic (exact) mass is 276 g/mol. The summed E-state index contributed by atoms with van der Waals surface area (Å²) in [5, 5.41) is 10.0. The summed E-state index contributed by atoms with van der Waals surface area (Å²) in [5.74, 6) is 3.64. The summed E-state index contributed by atoms with van der Waals surface area (Å²) in [6, 6.07) is 0. The Kier molecular flexibility index (Phi) is 4.01. The van der Waals surface area contributed by atoms with Gasteiger partial charge in [0.1, 0.15) is 0 Å². The maximum absolute atomic E-state index is 10.0. The Hall–Kier alpha value is -0.300. The van der Waals surface area contributed by atoms with Gasteiger partial charge in [0, 0.05) is 0 Å². The van der Waals surface area contributed by atoms with E-state index >= 15 is 0 Å². The Morgan fingerprint density at radius 2 is 2.05 bits per heavy atom. The van der Waals surface area contributed by atoms with Crippen LogP contribution < -0.4 is 0 Å². The van der Waals surface area contributed by atoms with E-state index in [0.29, 0.717) is 5.41 Å². The molecule has 5 unspecified atom stereocenters. The number of aliphatic hydroxyl groups excluding tert-OH is 1. The minimum absolute atomic E-state index is 0.0752. The van der Waals surface area contributed by atoms with E-state index in [-0.39, 0.29) is 6.10 Å². The van der Waals surface area contributed by atoms with E-state index in [2.05, 4.69) is 26.8 Å².